The van der Waals surface area contributed by atoms with Crippen LogP contribution < -0.4 is 0 Å². The van der Waals surface area contributed by atoms with Crippen molar-refractivity contribution in [2.24, 2.45) is 0 Å². The normalized spacial score (nSPS) is 12.3. The summed E-state index contributed by atoms with van der Waals surface area (Å²) in [6.07, 6.45) is 11.6. The van der Waals surface area contributed by atoms with Crippen LogP contribution in [0.2, 0.25) is 0 Å². The van der Waals surface area contributed by atoms with Crippen LogP contribution in [0.1, 0.15) is 40.0 Å². The van der Waals surface area contributed by atoms with E-state index in [2.05, 4.69) is 25.2 Å². The van der Waals surface area contributed by atoms with Gasteiger partial charge < -0.3 is 9.47 Å². The van der Waals surface area contributed by atoms with Crippen LogP contribution >= 0.6 is 0 Å². The van der Waals surface area contributed by atoms with Gasteiger partial charge in [0, 0.05) is 13.2 Å². The summed E-state index contributed by atoms with van der Waals surface area (Å²) in [5, 5.41) is 0. The van der Waals surface area contributed by atoms with Gasteiger partial charge in [-0.1, -0.05) is 25.2 Å². The first-order valence-electron chi connectivity index (χ1n) is 5.89. The van der Waals surface area contributed by atoms with Crippen molar-refractivity contribution in [1.82, 2.24) is 0 Å². The summed E-state index contributed by atoms with van der Waals surface area (Å²) in [4.78, 5) is 0. The van der Waals surface area contributed by atoms with E-state index in [0.29, 0.717) is 13.2 Å². The second-order valence-corrected chi connectivity index (χ2v) is 3.16. The third-order valence-corrected chi connectivity index (χ3v) is 1.86. The summed E-state index contributed by atoms with van der Waals surface area (Å²) < 4.78 is 10.8. The van der Waals surface area contributed by atoms with E-state index < -0.39 is 0 Å². The van der Waals surface area contributed by atoms with Gasteiger partial charge in [-0.2, -0.15) is 0 Å². The summed E-state index contributed by atoms with van der Waals surface area (Å²) in [5.41, 5.74) is 0. The van der Waals surface area contributed by atoms with E-state index in [1.165, 1.54) is 0 Å². The maximum absolute atomic E-state index is 5.38. The molecule has 0 aliphatic carbocycles. The molecule has 0 heterocycles. The fraction of sp³-hybridized carbons (Fsp3) is 0.692. The van der Waals surface area contributed by atoms with Gasteiger partial charge in [-0.3, -0.25) is 0 Å². The van der Waals surface area contributed by atoms with Crippen molar-refractivity contribution in [1.29, 1.82) is 0 Å². The fourth-order valence-corrected chi connectivity index (χ4v) is 1.17. The molecular formula is C13H24O2. The number of allylic oxidation sites excluding steroid dienone is 3. The zero-order valence-electron chi connectivity index (χ0n) is 10.2. The Hall–Kier alpha value is -0.600. The summed E-state index contributed by atoms with van der Waals surface area (Å²) in [6.45, 7) is 7.47. The highest BCUT2D eigenvalue weighted by molar-refractivity contribution is 4.89. The monoisotopic (exact) mass is 212 g/mol. The van der Waals surface area contributed by atoms with E-state index in [4.69, 9.17) is 9.47 Å². The third-order valence-electron chi connectivity index (χ3n) is 1.86. The highest BCUT2D eigenvalue weighted by Crippen LogP contribution is 2.00. The Labute approximate surface area is 94.0 Å². The van der Waals surface area contributed by atoms with Gasteiger partial charge in [-0.15, -0.1) is 0 Å². The fourth-order valence-electron chi connectivity index (χ4n) is 1.17. The van der Waals surface area contributed by atoms with E-state index in [0.717, 1.165) is 19.3 Å². The molecule has 0 saturated carbocycles. The van der Waals surface area contributed by atoms with E-state index in [9.17, 15) is 0 Å². The predicted octanol–water partition coefficient (Wildman–Crippen LogP) is 3.69. The van der Waals surface area contributed by atoms with E-state index in [-0.39, 0.29) is 6.29 Å². The minimum absolute atomic E-state index is 0.171. The smallest absolute Gasteiger partial charge is 0.176 e. The van der Waals surface area contributed by atoms with E-state index >= 15 is 0 Å². The molecule has 0 radical (unpaired) electrons. The molecule has 0 N–H and O–H groups in total. The zero-order valence-corrected chi connectivity index (χ0v) is 10.2. The molecule has 0 atom stereocenters. The highest BCUT2D eigenvalue weighted by atomic mass is 16.7. The van der Waals surface area contributed by atoms with Crippen molar-refractivity contribution in [2.75, 3.05) is 13.2 Å². The summed E-state index contributed by atoms with van der Waals surface area (Å²) in [7, 11) is 0. The van der Waals surface area contributed by atoms with Crippen molar-refractivity contribution < 1.29 is 9.47 Å². The van der Waals surface area contributed by atoms with Crippen molar-refractivity contribution in [3.8, 4) is 0 Å². The SMILES string of the molecule is CC/C=C\CC/C=C/C(OCC)OCC. The lowest BCUT2D eigenvalue weighted by atomic mass is 10.2. The maximum atomic E-state index is 5.38. The summed E-state index contributed by atoms with van der Waals surface area (Å²) in [5.74, 6) is 0. The molecule has 0 aromatic carbocycles. The molecule has 0 bridgehead atoms. The zero-order chi connectivity index (χ0) is 11.4. The molecule has 2 heteroatoms. The van der Waals surface area contributed by atoms with Crippen LogP contribution in [0.15, 0.2) is 24.3 Å². The average Bonchev–Trinajstić information content (AvgIpc) is 2.24. The molecule has 0 aromatic heterocycles. The molecule has 0 rings (SSSR count). The second-order valence-electron chi connectivity index (χ2n) is 3.16. The molecule has 0 amide bonds. The van der Waals surface area contributed by atoms with Crippen molar-refractivity contribution in [2.45, 2.75) is 46.3 Å². The van der Waals surface area contributed by atoms with Gasteiger partial charge in [0.1, 0.15) is 0 Å². The summed E-state index contributed by atoms with van der Waals surface area (Å²) in [6, 6.07) is 0. The van der Waals surface area contributed by atoms with Crippen LogP contribution in [0.5, 0.6) is 0 Å². The van der Waals surface area contributed by atoms with Crippen molar-refractivity contribution >= 4 is 0 Å². The minimum atomic E-state index is -0.171. The van der Waals surface area contributed by atoms with E-state index in [1.807, 2.05) is 19.9 Å². The Balaban J connectivity index is 3.64. The molecule has 88 valence electrons. The molecule has 0 aliphatic heterocycles. The summed E-state index contributed by atoms with van der Waals surface area (Å²) >= 11 is 0. The Morgan fingerprint density at radius 1 is 0.867 bits per heavy atom. The van der Waals surface area contributed by atoms with Crippen LogP contribution in [0.25, 0.3) is 0 Å². The molecular weight excluding hydrogens is 188 g/mol. The molecule has 0 aliphatic rings. The Morgan fingerprint density at radius 2 is 1.47 bits per heavy atom. The predicted molar refractivity (Wildman–Crippen MR) is 64.8 cm³/mol. The van der Waals surface area contributed by atoms with Crippen LogP contribution in [-0.2, 0) is 9.47 Å². The molecule has 15 heavy (non-hydrogen) atoms. The van der Waals surface area contributed by atoms with Gasteiger partial charge in [0.15, 0.2) is 6.29 Å². The van der Waals surface area contributed by atoms with Crippen LogP contribution in [-0.4, -0.2) is 19.5 Å². The molecule has 0 fully saturated rings. The van der Waals surface area contributed by atoms with Crippen molar-refractivity contribution in [3.05, 3.63) is 24.3 Å². The first-order valence-corrected chi connectivity index (χ1v) is 5.89. The van der Waals surface area contributed by atoms with Crippen molar-refractivity contribution in [3.63, 3.8) is 0 Å². The second kappa shape index (κ2) is 11.5. The first-order chi connectivity index (χ1) is 7.35. The number of rotatable bonds is 9. The number of unbranched alkanes of at least 4 members (excludes halogenated alkanes) is 1. The molecule has 0 spiro atoms. The Bertz CT molecular complexity index is 167. The van der Waals surface area contributed by atoms with Crippen LogP contribution in [0, 0.1) is 0 Å². The third kappa shape index (κ3) is 9.70. The molecule has 0 unspecified atom stereocenters. The lowest BCUT2D eigenvalue weighted by Crippen LogP contribution is -2.13. The standard InChI is InChI=1S/C13H24O2/c1-4-7-8-9-10-11-12-13(14-5-2)15-6-3/h7-8,11-13H,4-6,9-10H2,1-3H3/b8-7-,12-11+. The lowest BCUT2D eigenvalue weighted by Gasteiger charge is -2.12. The Kier molecular flexibility index (Phi) is 11.0. The van der Waals surface area contributed by atoms with Crippen LogP contribution in [0.3, 0.4) is 0 Å². The Morgan fingerprint density at radius 3 is 2.00 bits per heavy atom. The largest absolute Gasteiger partial charge is 0.349 e. The lowest BCUT2D eigenvalue weighted by molar-refractivity contribution is -0.104. The van der Waals surface area contributed by atoms with Crippen LogP contribution in [0.4, 0.5) is 0 Å². The minimum Gasteiger partial charge on any atom is -0.349 e. The maximum Gasteiger partial charge on any atom is 0.176 e. The quantitative estimate of drug-likeness (QED) is 0.330. The van der Waals surface area contributed by atoms with Gasteiger partial charge in [-0.25, -0.2) is 0 Å². The molecule has 0 saturated heterocycles. The van der Waals surface area contributed by atoms with E-state index in [1.54, 1.807) is 0 Å². The number of ether oxygens (including phenoxy) is 2. The molecule has 2 nitrogen and oxygen atoms in total. The van der Waals surface area contributed by atoms with Gasteiger partial charge in [0.25, 0.3) is 0 Å². The van der Waals surface area contributed by atoms with Gasteiger partial charge in [0.2, 0.25) is 0 Å². The van der Waals surface area contributed by atoms with Gasteiger partial charge >= 0.3 is 0 Å². The highest BCUT2D eigenvalue weighted by Gasteiger charge is 2.00. The van der Waals surface area contributed by atoms with Gasteiger partial charge in [-0.05, 0) is 39.2 Å². The average molecular weight is 212 g/mol. The topological polar surface area (TPSA) is 18.5 Å². The number of hydrogen-bond acceptors (Lipinski definition) is 2. The van der Waals surface area contributed by atoms with Gasteiger partial charge in [0.05, 0.1) is 0 Å². The number of hydrogen-bond donors (Lipinski definition) is 0. The first kappa shape index (κ1) is 14.4. The molecule has 0 aromatic rings.